The Morgan fingerprint density at radius 2 is 1.62 bits per heavy atom. The molecule has 2 rings (SSSR count). The lowest BCUT2D eigenvalue weighted by Gasteiger charge is -2.31. The van der Waals surface area contributed by atoms with E-state index >= 15 is 0 Å². The van der Waals surface area contributed by atoms with E-state index in [4.69, 9.17) is 34.8 Å². The second-order valence-electron chi connectivity index (χ2n) is 7.15. The lowest BCUT2D eigenvalue weighted by Crippen LogP contribution is -2.50. The van der Waals surface area contributed by atoms with Crippen LogP contribution in [-0.2, 0) is 22.6 Å². The summed E-state index contributed by atoms with van der Waals surface area (Å²) in [6, 6.07) is 11.7. The molecule has 0 saturated carbocycles. The molecule has 1 N–H and O–H groups in total. The van der Waals surface area contributed by atoms with Gasteiger partial charge in [0.2, 0.25) is 11.8 Å². The Morgan fingerprint density at radius 3 is 2.17 bits per heavy atom. The molecule has 0 radical (unpaired) electrons. The number of halogens is 3. The maximum atomic E-state index is 13.2. The molecule has 0 fully saturated rings. The van der Waals surface area contributed by atoms with Crippen molar-refractivity contribution >= 4 is 46.6 Å². The van der Waals surface area contributed by atoms with Gasteiger partial charge in [0.15, 0.2) is 0 Å². The van der Waals surface area contributed by atoms with Crippen LogP contribution < -0.4 is 5.32 Å². The molecule has 0 aromatic heterocycles. The molecule has 4 nitrogen and oxygen atoms in total. The molecule has 0 unspecified atom stereocenters. The average Bonchev–Trinajstić information content (AvgIpc) is 2.64. The minimum atomic E-state index is -0.591. The Kier molecular flexibility index (Phi) is 8.81. The zero-order valence-electron chi connectivity index (χ0n) is 16.7. The molecule has 0 heterocycles. The Bertz CT molecular complexity index is 854. The molecule has 2 aromatic rings. The van der Waals surface area contributed by atoms with E-state index in [0.29, 0.717) is 33.6 Å². The number of hydrogen-bond donors (Lipinski definition) is 1. The number of carbonyl (C=O) groups is 2. The highest BCUT2D eigenvalue weighted by Gasteiger charge is 2.29. The standard InChI is InChI=1S/C22H25Cl3N2O2/c1-4-20(22(29)26-14(2)3)27(13-15-5-8-17(23)9-6-15)21(28)11-16-7-10-18(24)12-19(16)25/h5-10,12,14,20H,4,11,13H2,1-3H3,(H,26,29)/t20-/m0/s1. The van der Waals surface area contributed by atoms with E-state index in [0.717, 1.165) is 5.56 Å². The van der Waals surface area contributed by atoms with Gasteiger partial charge in [0.25, 0.3) is 0 Å². The van der Waals surface area contributed by atoms with Crippen molar-refractivity contribution in [2.45, 2.75) is 52.2 Å². The normalized spacial score (nSPS) is 12.0. The number of amides is 2. The summed E-state index contributed by atoms with van der Waals surface area (Å²) in [6.07, 6.45) is 0.571. The Hall–Kier alpha value is -1.75. The SMILES string of the molecule is CC[C@@H](C(=O)NC(C)C)N(Cc1ccc(Cl)cc1)C(=O)Cc1ccc(Cl)cc1Cl. The van der Waals surface area contributed by atoms with E-state index in [1.165, 1.54) is 0 Å². The van der Waals surface area contributed by atoms with Gasteiger partial charge in [0, 0.05) is 27.7 Å². The van der Waals surface area contributed by atoms with Gasteiger partial charge in [-0.2, -0.15) is 0 Å². The van der Waals surface area contributed by atoms with Crippen molar-refractivity contribution in [3.8, 4) is 0 Å². The number of benzene rings is 2. The summed E-state index contributed by atoms with van der Waals surface area (Å²) in [4.78, 5) is 27.6. The summed E-state index contributed by atoms with van der Waals surface area (Å²) < 4.78 is 0. The van der Waals surface area contributed by atoms with Crippen molar-refractivity contribution in [3.63, 3.8) is 0 Å². The van der Waals surface area contributed by atoms with E-state index in [1.54, 1.807) is 35.2 Å². The molecule has 2 amide bonds. The average molecular weight is 456 g/mol. The predicted molar refractivity (Wildman–Crippen MR) is 120 cm³/mol. The topological polar surface area (TPSA) is 49.4 Å². The molecular formula is C22H25Cl3N2O2. The number of nitrogens with zero attached hydrogens (tertiary/aromatic N) is 1. The molecule has 29 heavy (non-hydrogen) atoms. The number of rotatable bonds is 8. The van der Waals surface area contributed by atoms with Crippen LogP contribution in [0.3, 0.4) is 0 Å². The molecule has 0 spiro atoms. The molecule has 0 bridgehead atoms. The third-order valence-corrected chi connectivity index (χ3v) is 5.28. The van der Waals surface area contributed by atoms with E-state index < -0.39 is 6.04 Å². The zero-order valence-corrected chi connectivity index (χ0v) is 19.0. The number of carbonyl (C=O) groups excluding carboxylic acids is 2. The minimum Gasteiger partial charge on any atom is -0.352 e. The van der Waals surface area contributed by atoms with Gasteiger partial charge < -0.3 is 10.2 Å². The van der Waals surface area contributed by atoms with Gasteiger partial charge >= 0.3 is 0 Å². The molecule has 0 aliphatic carbocycles. The molecule has 7 heteroatoms. The van der Waals surface area contributed by atoms with Crippen molar-refractivity contribution in [2.24, 2.45) is 0 Å². The maximum Gasteiger partial charge on any atom is 0.243 e. The lowest BCUT2D eigenvalue weighted by atomic mass is 10.1. The lowest BCUT2D eigenvalue weighted by molar-refractivity contribution is -0.141. The first-order valence-corrected chi connectivity index (χ1v) is 10.6. The van der Waals surface area contributed by atoms with Gasteiger partial charge in [0.05, 0.1) is 6.42 Å². The van der Waals surface area contributed by atoms with Crippen LogP contribution in [0.4, 0.5) is 0 Å². The largest absolute Gasteiger partial charge is 0.352 e. The van der Waals surface area contributed by atoms with Crippen LogP contribution in [0, 0.1) is 0 Å². The Labute approximate surface area is 187 Å². The number of nitrogens with one attached hydrogen (secondary N) is 1. The van der Waals surface area contributed by atoms with Gasteiger partial charge in [-0.05, 0) is 55.7 Å². The minimum absolute atomic E-state index is 0.0188. The molecule has 0 saturated heterocycles. The van der Waals surface area contributed by atoms with Gasteiger partial charge in [-0.15, -0.1) is 0 Å². The predicted octanol–water partition coefficient (Wildman–Crippen LogP) is 5.52. The summed E-state index contributed by atoms with van der Waals surface area (Å²) in [7, 11) is 0. The van der Waals surface area contributed by atoms with Crippen LogP contribution in [0.1, 0.15) is 38.3 Å². The zero-order chi connectivity index (χ0) is 21.6. The maximum absolute atomic E-state index is 13.2. The van der Waals surface area contributed by atoms with Crippen molar-refractivity contribution < 1.29 is 9.59 Å². The molecular weight excluding hydrogens is 431 g/mol. The molecule has 1 atom stereocenters. The fourth-order valence-electron chi connectivity index (χ4n) is 3.02. The highest BCUT2D eigenvalue weighted by molar-refractivity contribution is 6.35. The van der Waals surface area contributed by atoms with Crippen LogP contribution in [0.5, 0.6) is 0 Å². The summed E-state index contributed by atoms with van der Waals surface area (Å²) in [5, 5.41) is 4.46. The van der Waals surface area contributed by atoms with Crippen molar-refractivity contribution in [3.05, 3.63) is 68.7 Å². The summed E-state index contributed by atoms with van der Waals surface area (Å²) >= 11 is 18.2. The third-order valence-electron chi connectivity index (χ3n) is 4.44. The molecule has 2 aromatic carbocycles. The van der Waals surface area contributed by atoms with Crippen molar-refractivity contribution in [2.75, 3.05) is 0 Å². The van der Waals surface area contributed by atoms with Crippen LogP contribution in [0.2, 0.25) is 15.1 Å². The molecule has 156 valence electrons. The summed E-state index contributed by atoms with van der Waals surface area (Å²) in [5.74, 6) is -0.359. The van der Waals surface area contributed by atoms with Crippen molar-refractivity contribution in [1.82, 2.24) is 10.2 Å². The van der Waals surface area contributed by atoms with E-state index in [1.807, 2.05) is 32.9 Å². The summed E-state index contributed by atoms with van der Waals surface area (Å²) in [6.45, 7) is 5.97. The first-order chi connectivity index (χ1) is 13.7. The highest BCUT2D eigenvalue weighted by Crippen LogP contribution is 2.23. The smallest absolute Gasteiger partial charge is 0.243 e. The first-order valence-electron chi connectivity index (χ1n) is 9.49. The van der Waals surface area contributed by atoms with Gasteiger partial charge in [-0.25, -0.2) is 0 Å². The number of hydrogen-bond acceptors (Lipinski definition) is 2. The van der Waals surface area contributed by atoms with Crippen LogP contribution in [0.25, 0.3) is 0 Å². The molecule has 0 aliphatic heterocycles. The quantitative estimate of drug-likeness (QED) is 0.569. The van der Waals surface area contributed by atoms with Crippen LogP contribution >= 0.6 is 34.8 Å². The second-order valence-corrected chi connectivity index (χ2v) is 8.43. The van der Waals surface area contributed by atoms with E-state index in [-0.39, 0.29) is 24.3 Å². The van der Waals surface area contributed by atoms with E-state index in [9.17, 15) is 9.59 Å². The Balaban J connectivity index is 2.31. The third kappa shape index (κ3) is 6.91. The van der Waals surface area contributed by atoms with Crippen LogP contribution in [-0.4, -0.2) is 28.8 Å². The fraction of sp³-hybridized carbons (Fsp3) is 0.364. The van der Waals surface area contributed by atoms with Gasteiger partial charge in [0.1, 0.15) is 6.04 Å². The van der Waals surface area contributed by atoms with Crippen molar-refractivity contribution in [1.29, 1.82) is 0 Å². The summed E-state index contributed by atoms with van der Waals surface area (Å²) in [5.41, 5.74) is 1.56. The second kappa shape index (κ2) is 10.9. The van der Waals surface area contributed by atoms with Gasteiger partial charge in [-0.1, -0.05) is 59.9 Å². The fourth-order valence-corrected chi connectivity index (χ4v) is 3.62. The monoisotopic (exact) mass is 454 g/mol. The Morgan fingerprint density at radius 1 is 1.00 bits per heavy atom. The van der Waals surface area contributed by atoms with Gasteiger partial charge in [-0.3, -0.25) is 9.59 Å². The first kappa shape index (κ1) is 23.5. The molecule has 0 aliphatic rings. The van der Waals surface area contributed by atoms with Crippen LogP contribution in [0.15, 0.2) is 42.5 Å². The van der Waals surface area contributed by atoms with E-state index in [2.05, 4.69) is 5.32 Å². The highest BCUT2D eigenvalue weighted by atomic mass is 35.5.